The summed E-state index contributed by atoms with van der Waals surface area (Å²) >= 11 is 0. The van der Waals surface area contributed by atoms with Crippen LogP contribution < -0.4 is 11.1 Å². The fraction of sp³-hybridized carbons (Fsp3) is 0.333. The number of aliphatic carboxylic acids is 1. The molecule has 20 heavy (non-hydrogen) atoms. The second-order valence-corrected chi connectivity index (χ2v) is 4.42. The predicted molar refractivity (Wildman–Crippen MR) is 69.8 cm³/mol. The molecule has 0 spiro atoms. The Balaban J connectivity index is 2.10. The molecule has 2 heterocycles. The molecule has 2 rings (SSSR count). The predicted octanol–water partition coefficient (Wildman–Crippen LogP) is -0.291. The van der Waals surface area contributed by atoms with Crippen molar-refractivity contribution < 1.29 is 14.7 Å². The molecule has 0 bridgehead atoms. The summed E-state index contributed by atoms with van der Waals surface area (Å²) in [5, 5.41) is 19.2. The summed E-state index contributed by atoms with van der Waals surface area (Å²) in [5.41, 5.74) is 6.16. The van der Waals surface area contributed by atoms with E-state index in [1.54, 1.807) is 23.6 Å². The highest BCUT2D eigenvalue weighted by atomic mass is 16.4. The van der Waals surface area contributed by atoms with E-state index in [1.807, 2.05) is 12.1 Å². The Morgan fingerprint density at radius 2 is 2.20 bits per heavy atom. The Bertz CT molecular complexity index is 639. The standard InChI is InChI=1S/C12H15N5O3/c1-7(14-12(20)8(13)6-10(18)19)11-16-15-9-4-2-3-5-17(9)11/h2-5,7-8H,6,13H2,1H3,(H,14,20)(H,18,19). The average molecular weight is 277 g/mol. The van der Waals surface area contributed by atoms with Crippen molar-refractivity contribution in [2.45, 2.75) is 25.4 Å². The third-order valence-corrected chi connectivity index (χ3v) is 2.82. The zero-order chi connectivity index (χ0) is 14.7. The monoisotopic (exact) mass is 277 g/mol. The molecule has 0 aliphatic rings. The number of nitrogens with one attached hydrogen (secondary N) is 1. The lowest BCUT2D eigenvalue weighted by Gasteiger charge is -2.15. The van der Waals surface area contributed by atoms with Crippen LogP contribution in [0.3, 0.4) is 0 Å². The van der Waals surface area contributed by atoms with Gasteiger partial charge in [0.1, 0.15) is 0 Å². The van der Waals surface area contributed by atoms with Gasteiger partial charge in [0.2, 0.25) is 5.91 Å². The molecule has 2 aromatic heterocycles. The van der Waals surface area contributed by atoms with Crippen molar-refractivity contribution in [3.8, 4) is 0 Å². The van der Waals surface area contributed by atoms with Crippen LogP contribution in [0.1, 0.15) is 25.2 Å². The highest BCUT2D eigenvalue weighted by molar-refractivity contribution is 5.86. The lowest BCUT2D eigenvalue weighted by atomic mass is 10.2. The average Bonchev–Trinajstić information content (AvgIpc) is 2.81. The minimum absolute atomic E-state index is 0.418. The molecule has 8 nitrogen and oxygen atoms in total. The highest BCUT2D eigenvalue weighted by Gasteiger charge is 2.21. The van der Waals surface area contributed by atoms with Gasteiger partial charge in [-0.3, -0.25) is 14.0 Å². The van der Waals surface area contributed by atoms with Crippen LogP contribution in [-0.4, -0.2) is 37.6 Å². The van der Waals surface area contributed by atoms with Gasteiger partial charge in [-0.25, -0.2) is 0 Å². The van der Waals surface area contributed by atoms with Crippen LogP contribution >= 0.6 is 0 Å². The Morgan fingerprint density at radius 3 is 2.90 bits per heavy atom. The molecule has 0 fully saturated rings. The van der Waals surface area contributed by atoms with Crippen LogP contribution in [0.25, 0.3) is 5.65 Å². The molecule has 2 aromatic rings. The van der Waals surface area contributed by atoms with Crippen molar-refractivity contribution in [3.05, 3.63) is 30.2 Å². The Labute approximate surface area is 114 Å². The van der Waals surface area contributed by atoms with E-state index in [1.165, 1.54) is 0 Å². The van der Waals surface area contributed by atoms with E-state index in [4.69, 9.17) is 10.8 Å². The van der Waals surface area contributed by atoms with Gasteiger partial charge in [0.25, 0.3) is 0 Å². The topological polar surface area (TPSA) is 123 Å². The van der Waals surface area contributed by atoms with Crippen molar-refractivity contribution >= 4 is 17.5 Å². The van der Waals surface area contributed by atoms with E-state index >= 15 is 0 Å². The molecule has 0 radical (unpaired) electrons. The SMILES string of the molecule is CC(NC(=O)C(N)CC(=O)O)c1nnc2ccccn12. The highest BCUT2D eigenvalue weighted by Crippen LogP contribution is 2.11. The first-order valence-electron chi connectivity index (χ1n) is 6.06. The molecule has 0 saturated heterocycles. The van der Waals surface area contributed by atoms with Gasteiger partial charge in [0.05, 0.1) is 18.5 Å². The maximum absolute atomic E-state index is 11.8. The number of hydrogen-bond donors (Lipinski definition) is 3. The van der Waals surface area contributed by atoms with E-state index in [0.717, 1.165) is 0 Å². The number of carbonyl (C=O) groups is 2. The number of rotatable bonds is 5. The lowest BCUT2D eigenvalue weighted by Crippen LogP contribution is -2.43. The van der Waals surface area contributed by atoms with Gasteiger partial charge in [-0.15, -0.1) is 10.2 Å². The first-order chi connectivity index (χ1) is 9.49. The summed E-state index contributed by atoms with van der Waals surface area (Å²) in [7, 11) is 0. The summed E-state index contributed by atoms with van der Waals surface area (Å²) in [5.74, 6) is -1.10. The number of nitrogens with zero attached hydrogens (tertiary/aromatic N) is 3. The minimum Gasteiger partial charge on any atom is -0.481 e. The molecule has 1 amide bonds. The van der Waals surface area contributed by atoms with Gasteiger partial charge in [-0.2, -0.15) is 0 Å². The Kier molecular flexibility index (Phi) is 3.94. The number of fused-ring (bicyclic) bond motifs is 1. The quantitative estimate of drug-likeness (QED) is 0.690. The molecular weight excluding hydrogens is 262 g/mol. The maximum atomic E-state index is 11.8. The van der Waals surface area contributed by atoms with E-state index < -0.39 is 30.4 Å². The first kappa shape index (κ1) is 13.9. The molecule has 0 aliphatic heterocycles. The largest absolute Gasteiger partial charge is 0.481 e. The number of carbonyl (C=O) groups excluding carboxylic acids is 1. The number of aromatic nitrogens is 3. The van der Waals surface area contributed by atoms with Crippen molar-refractivity contribution in [1.29, 1.82) is 0 Å². The number of carboxylic acid groups (broad SMARTS) is 1. The number of pyridine rings is 1. The molecule has 4 N–H and O–H groups in total. The molecular formula is C12H15N5O3. The van der Waals surface area contributed by atoms with Crippen molar-refractivity contribution in [2.75, 3.05) is 0 Å². The first-order valence-corrected chi connectivity index (χ1v) is 6.06. The van der Waals surface area contributed by atoms with Crippen molar-refractivity contribution in [1.82, 2.24) is 19.9 Å². The number of nitrogens with two attached hydrogens (primary N) is 1. The molecule has 0 aliphatic carbocycles. The van der Waals surface area contributed by atoms with E-state index in [2.05, 4.69) is 15.5 Å². The molecule has 2 atom stereocenters. The van der Waals surface area contributed by atoms with Crippen LogP contribution in [0.4, 0.5) is 0 Å². The van der Waals surface area contributed by atoms with E-state index in [0.29, 0.717) is 11.5 Å². The number of amides is 1. The third kappa shape index (κ3) is 2.91. The van der Waals surface area contributed by atoms with Crippen LogP contribution in [0.15, 0.2) is 24.4 Å². The molecule has 2 unspecified atom stereocenters. The van der Waals surface area contributed by atoms with Crippen molar-refractivity contribution in [2.24, 2.45) is 5.73 Å². The lowest BCUT2D eigenvalue weighted by molar-refractivity contribution is -0.139. The fourth-order valence-corrected chi connectivity index (χ4v) is 1.82. The Morgan fingerprint density at radius 1 is 1.45 bits per heavy atom. The molecule has 0 aromatic carbocycles. The van der Waals surface area contributed by atoms with Crippen molar-refractivity contribution in [3.63, 3.8) is 0 Å². The second kappa shape index (κ2) is 5.66. The second-order valence-electron chi connectivity index (χ2n) is 4.42. The van der Waals surface area contributed by atoms with Gasteiger partial charge < -0.3 is 16.2 Å². The van der Waals surface area contributed by atoms with Crippen LogP contribution in [0.5, 0.6) is 0 Å². The molecule has 8 heteroatoms. The summed E-state index contributed by atoms with van der Waals surface area (Å²) in [6.07, 6.45) is 1.36. The summed E-state index contributed by atoms with van der Waals surface area (Å²) in [6, 6.07) is 3.93. The summed E-state index contributed by atoms with van der Waals surface area (Å²) in [4.78, 5) is 22.3. The van der Waals surface area contributed by atoms with Gasteiger partial charge >= 0.3 is 5.97 Å². The van der Waals surface area contributed by atoms with Crippen LogP contribution in [0, 0.1) is 0 Å². The Hall–Kier alpha value is -2.48. The smallest absolute Gasteiger partial charge is 0.305 e. The normalized spacial score (nSPS) is 13.9. The minimum atomic E-state index is -1.12. The fourth-order valence-electron chi connectivity index (χ4n) is 1.82. The third-order valence-electron chi connectivity index (χ3n) is 2.82. The number of hydrogen-bond acceptors (Lipinski definition) is 5. The van der Waals surface area contributed by atoms with Crippen LogP contribution in [0.2, 0.25) is 0 Å². The van der Waals surface area contributed by atoms with Gasteiger partial charge in [0.15, 0.2) is 11.5 Å². The number of carboxylic acids is 1. The summed E-state index contributed by atoms with van der Waals surface area (Å²) < 4.78 is 1.74. The van der Waals surface area contributed by atoms with Gasteiger partial charge in [-0.1, -0.05) is 6.07 Å². The van der Waals surface area contributed by atoms with E-state index in [9.17, 15) is 9.59 Å². The van der Waals surface area contributed by atoms with E-state index in [-0.39, 0.29) is 0 Å². The zero-order valence-electron chi connectivity index (χ0n) is 10.9. The van der Waals surface area contributed by atoms with Crippen LogP contribution in [-0.2, 0) is 9.59 Å². The maximum Gasteiger partial charge on any atom is 0.305 e. The molecule has 106 valence electrons. The summed E-state index contributed by atoms with van der Waals surface area (Å²) in [6.45, 7) is 1.73. The molecule has 0 saturated carbocycles. The van der Waals surface area contributed by atoms with Gasteiger partial charge in [-0.05, 0) is 19.1 Å². The zero-order valence-corrected chi connectivity index (χ0v) is 10.9. The van der Waals surface area contributed by atoms with Gasteiger partial charge in [0, 0.05) is 6.20 Å².